The first-order valence-electron chi connectivity index (χ1n) is 4.42. The second kappa shape index (κ2) is 3.90. The third-order valence-corrected chi connectivity index (χ3v) is 2.35. The van der Waals surface area contributed by atoms with Crippen LogP contribution in [0.1, 0.15) is 19.4 Å². The highest BCUT2D eigenvalue weighted by Gasteiger charge is 2.33. The average Bonchev–Trinajstić information content (AvgIpc) is 2.18. The summed E-state index contributed by atoms with van der Waals surface area (Å²) >= 11 is 0. The normalized spacial score (nSPS) is 11.8. The minimum absolute atomic E-state index is 0.594. The van der Waals surface area contributed by atoms with Crippen molar-refractivity contribution >= 4 is 5.78 Å². The molecule has 3 heteroatoms. The highest BCUT2D eigenvalue weighted by Crippen LogP contribution is 2.24. The molecule has 0 aliphatic rings. The lowest BCUT2D eigenvalue weighted by Gasteiger charge is -2.24. The van der Waals surface area contributed by atoms with Gasteiger partial charge in [0.1, 0.15) is 0 Å². The van der Waals surface area contributed by atoms with Crippen molar-refractivity contribution in [1.29, 1.82) is 0 Å². The first kappa shape index (κ1) is 10.9. The van der Waals surface area contributed by atoms with Crippen LogP contribution in [-0.2, 0) is 10.2 Å². The van der Waals surface area contributed by atoms with Gasteiger partial charge in [-0.15, -0.1) is 0 Å². The molecule has 1 rings (SSSR count). The molecule has 0 fully saturated rings. The number of aliphatic hydroxyl groups excluding tert-OH is 1. The Morgan fingerprint density at radius 3 is 2.14 bits per heavy atom. The number of benzene rings is 1. The molecule has 1 aromatic carbocycles. The smallest absolute Gasteiger partial charge is 0.213 e. The zero-order chi connectivity index (χ0) is 10.8. The van der Waals surface area contributed by atoms with Crippen LogP contribution in [0.5, 0.6) is 0 Å². The van der Waals surface area contributed by atoms with E-state index in [1.54, 1.807) is 26.0 Å². The maximum atomic E-state index is 11.5. The van der Waals surface area contributed by atoms with Gasteiger partial charge >= 0.3 is 0 Å². The topological polar surface area (TPSA) is 57.5 Å². The fourth-order valence-electron chi connectivity index (χ4n) is 1.32. The number of rotatable bonds is 3. The molecular formula is C11H14O3. The minimum atomic E-state index is -1.91. The lowest BCUT2D eigenvalue weighted by molar-refractivity contribution is -0.150. The Bertz CT molecular complexity index is 315. The summed E-state index contributed by atoms with van der Waals surface area (Å²) in [5.41, 5.74) is -0.0896. The number of hydrogen-bond donors (Lipinski definition) is 2. The van der Waals surface area contributed by atoms with Gasteiger partial charge in [0.15, 0.2) is 5.78 Å². The molecule has 0 atom stereocenters. The molecule has 0 saturated carbocycles. The van der Waals surface area contributed by atoms with E-state index in [1.165, 1.54) is 0 Å². The van der Waals surface area contributed by atoms with E-state index in [0.29, 0.717) is 0 Å². The molecule has 0 heterocycles. The van der Waals surface area contributed by atoms with Crippen LogP contribution in [0.4, 0.5) is 0 Å². The number of carbonyl (C=O) groups is 1. The molecule has 0 radical (unpaired) electrons. The molecule has 0 unspecified atom stereocenters. The van der Waals surface area contributed by atoms with Gasteiger partial charge in [-0.1, -0.05) is 30.3 Å². The summed E-state index contributed by atoms with van der Waals surface area (Å²) in [4.78, 5) is 11.5. The van der Waals surface area contributed by atoms with Gasteiger partial charge < -0.3 is 10.2 Å². The van der Waals surface area contributed by atoms with Crippen LogP contribution >= 0.6 is 0 Å². The minimum Gasteiger partial charge on any atom is -0.362 e. The van der Waals surface area contributed by atoms with Crippen molar-refractivity contribution in [3.63, 3.8) is 0 Å². The molecule has 2 N–H and O–H groups in total. The van der Waals surface area contributed by atoms with Crippen molar-refractivity contribution in [2.45, 2.75) is 25.6 Å². The standard InChI is InChI=1S/C11H14O3/c1-11(2,9(12)10(13)14)8-6-4-3-5-7-8/h3-7,10,13-14H,1-2H3. The Labute approximate surface area is 83.0 Å². The molecule has 76 valence electrons. The zero-order valence-electron chi connectivity index (χ0n) is 8.27. The number of Topliss-reactive ketones (excluding diaryl/α,β-unsaturated/α-hetero) is 1. The van der Waals surface area contributed by atoms with E-state index < -0.39 is 17.5 Å². The number of aliphatic hydroxyl groups is 2. The van der Waals surface area contributed by atoms with Gasteiger partial charge in [-0.05, 0) is 19.4 Å². The first-order chi connectivity index (χ1) is 6.46. The molecule has 0 aliphatic carbocycles. The Kier molecular flexibility index (Phi) is 3.03. The molecule has 0 saturated heterocycles. The molecule has 0 amide bonds. The number of carbonyl (C=O) groups excluding carboxylic acids is 1. The molecule has 1 aromatic rings. The molecule has 14 heavy (non-hydrogen) atoms. The Balaban J connectivity index is 3.02. The summed E-state index contributed by atoms with van der Waals surface area (Å²) in [5.74, 6) is -0.594. The van der Waals surface area contributed by atoms with Gasteiger partial charge in [-0.25, -0.2) is 0 Å². The maximum absolute atomic E-state index is 11.5. The van der Waals surface area contributed by atoms with Crippen molar-refractivity contribution in [2.24, 2.45) is 0 Å². The average molecular weight is 194 g/mol. The van der Waals surface area contributed by atoms with Gasteiger partial charge in [-0.2, -0.15) is 0 Å². The number of ketones is 1. The van der Waals surface area contributed by atoms with Crippen molar-refractivity contribution in [2.75, 3.05) is 0 Å². The lowest BCUT2D eigenvalue weighted by atomic mass is 9.80. The van der Waals surface area contributed by atoms with Crippen LogP contribution < -0.4 is 0 Å². The summed E-state index contributed by atoms with van der Waals surface area (Å²) in [5, 5.41) is 17.6. The van der Waals surface area contributed by atoms with Crippen LogP contribution in [0.3, 0.4) is 0 Å². The fraction of sp³-hybridized carbons (Fsp3) is 0.364. The second-order valence-electron chi connectivity index (χ2n) is 3.73. The highest BCUT2D eigenvalue weighted by molar-refractivity contribution is 5.91. The summed E-state index contributed by atoms with van der Waals surface area (Å²) in [6.07, 6.45) is -1.91. The van der Waals surface area contributed by atoms with Crippen molar-refractivity contribution < 1.29 is 15.0 Å². The van der Waals surface area contributed by atoms with E-state index in [4.69, 9.17) is 10.2 Å². The monoisotopic (exact) mass is 194 g/mol. The van der Waals surface area contributed by atoms with E-state index in [1.807, 2.05) is 18.2 Å². The summed E-state index contributed by atoms with van der Waals surface area (Å²) in [6, 6.07) is 9.06. The largest absolute Gasteiger partial charge is 0.362 e. The van der Waals surface area contributed by atoms with Crippen molar-refractivity contribution in [3.8, 4) is 0 Å². The Hall–Kier alpha value is -1.19. The van der Waals surface area contributed by atoms with Crippen molar-refractivity contribution in [1.82, 2.24) is 0 Å². The van der Waals surface area contributed by atoms with E-state index >= 15 is 0 Å². The van der Waals surface area contributed by atoms with Crippen LogP contribution in [0.2, 0.25) is 0 Å². The van der Waals surface area contributed by atoms with Gasteiger partial charge in [0.25, 0.3) is 0 Å². The highest BCUT2D eigenvalue weighted by atomic mass is 16.5. The van der Waals surface area contributed by atoms with Gasteiger partial charge in [0.05, 0.1) is 5.41 Å². The molecule has 0 spiro atoms. The lowest BCUT2D eigenvalue weighted by Crippen LogP contribution is -2.37. The van der Waals surface area contributed by atoms with Gasteiger partial charge in [-0.3, -0.25) is 4.79 Å². The van der Waals surface area contributed by atoms with E-state index in [9.17, 15) is 4.79 Å². The number of hydrogen-bond acceptors (Lipinski definition) is 3. The summed E-state index contributed by atoms with van der Waals surface area (Å²) in [7, 11) is 0. The molecule has 0 bridgehead atoms. The predicted octanol–water partition coefficient (Wildman–Crippen LogP) is 0.844. The third kappa shape index (κ3) is 2.00. The van der Waals surface area contributed by atoms with E-state index in [0.717, 1.165) is 5.56 Å². The summed E-state index contributed by atoms with van der Waals surface area (Å²) < 4.78 is 0. The first-order valence-corrected chi connectivity index (χ1v) is 4.42. The van der Waals surface area contributed by atoms with Crippen LogP contribution in [0.15, 0.2) is 30.3 Å². The second-order valence-corrected chi connectivity index (χ2v) is 3.73. The van der Waals surface area contributed by atoms with Crippen LogP contribution in [0, 0.1) is 0 Å². The van der Waals surface area contributed by atoms with Crippen LogP contribution in [0.25, 0.3) is 0 Å². The Morgan fingerprint density at radius 2 is 1.71 bits per heavy atom. The van der Waals surface area contributed by atoms with Crippen LogP contribution in [-0.4, -0.2) is 22.3 Å². The quantitative estimate of drug-likeness (QED) is 0.701. The zero-order valence-corrected chi connectivity index (χ0v) is 8.27. The van der Waals surface area contributed by atoms with Gasteiger partial charge in [0.2, 0.25) is 6.29 Å². The molecule has 0 aliphatic heterocycles. The molecule has 0 aromatic heterocycles. The summed E-state index contributed by atoms with van der Waals surface area (Å²) in [6.45, 7) is 3.34. The van der Waals surface area contributed by atoms with Gasteiger partial charge in [0, 0.05) is 0 Å². The SMILES string of the molecule is CC(C)(C(=O)C(O)O)c1ccccc1. The van der Waals surface area contributed by atoms with Crippen molar-refractivity contribution in [3.05, 3.63) is 35.9 Å². The molecular weight excluding hydrogens is 180 g/mol. The third-order valence-electron chi connectivity index (χ3n) is 2.35. The van der Waals surface area contributed by atoms with E-state index in [2.05, 4.69) is 0 Å². The predicted molar refractivity (Wildman–Crippen MR) is 52.7 cm³/mol. The Morgan fingerprint density at radius 1 is 1.21 bits per heavy atom. The van der Waals surface area contributed by atoms with E-state index in [-0.39, 0.29) is 0 Å². The molecule has 3 nitrogen and oxygen atoms in total. The fourth-order valence-corrected chi connectivity index (χ4v) is 1.32. The maximum Gasteiger partial charge on any atom is 0.213 e.